The number of methoxy groups -OCH3 is 1. The van der Waals surface area contributed by atoms with E-state index in [4.69, 9.17) is 11.6 Å². The van der Waals surface area contributed by atoms with Crippen LogP contribution < -0.4 is 5.32 Å². The van der Waals surface area contributed by atoms with Gasteiger partial charge in [0.25, 0.3) is 0 Å². The van der Waals surface area contributed by atoms with Gasteiger partial charge in [0.15, 0.2) is 0 Å². The normalized spacial score (nSPS) is 12.2. The molecule has 0 aliphatic carbocycles. The van der Waals surface area contributed by atoms with E-state index in [1.54, 1.807) is 12.1 Å². The first-order chi connectivity index (χ1) is 8.04. The molecule has 0 aliphatic heterocycles. The minimum Gasteiger partial charge on any atom is -0.469 e. The molecule has 0 amide bonds. The van der Waals surface area contributed by atoms with Crippen molar-refractivity contribution in [3.63, 3.8) is 0 Å². The summed E-state index contributed by atoms with van der Waals surface area (Å²) in [4.78, 5) is 10.9. The maximum absolute atomic E-state index is 13.0. The number of hydrogen-bond acceptors (Lipinski definition) is 3. The number of nitrogens with one attached hydrogen (secondary N) is 1. The number of esters is 1. The van der Waals surface area contributed by atoms with Crippen LogP contribution in [-0.2, 0) is 9.53 Å². The summed E-state index contributed by atoms with van der Waals surface area (Å²) in [5.41, 5.74) is 0.876. The van der Waals surface area contributed by atoms with Crippen LogP contribution in [0, 0.1) is 5.82 Å². The third kappa shape index (κ3) is 4.32. The molecule has 94 valence electrons. The lowest BCUT2D eigenvalue weighted by Gasteiger charge is -2.14. The van der Waals surface area contributed by atoms with E-state index in [0.29, 0.717) is 13.0 Å². The monoisotopic (exact) mass is 259 g/mol. The fourth-order valence-electron chi connectivity index (χ4n) is 1.39. The van der Waals surface area contributed by atoms with E-state index >= 15 is 0 Å². The molecule has 0 radical (unpaired) electrons. The minimum atomic E-state index is -0.433. The highest BCUT2D eigenvalue weighted by Gasteiger charge is 2.08. The van der Waals surface area contributed by atoms with Crippen molar-refractivity contribution in [1.29, 1.82) is 0 Å². The molecule has 0 spiro atoms. The molecule has 0 fully saturated rings. The summed E-state index contributed by atoms with van der Waals surface area (Å²) in [5, 5.41) is 3.23. The quantitative estimate of drug-likeness (QED) is 0.827. The van der Waals surface area contributed by atoms with Crippen LogP contribution in [-0.4, -0.2) is 19.6 Å². The van der Waals surface area contributed by atoms with Crippen molar-refractivity contribution in [1.82, 2.24) is 5.32 Å². The fourth-order valence-corrected chi connectivity index (χ4v) is 1.58. The molecule has 0 bridgehead atoms. The average Bonchev–Trinajstić information content (AvgIpc) is 2.32. The second-order valence-corrected chi connectivity index (χ2v) is 4.08. The SMILES string of the molecule is COC(=O)CCNC(C)c1ccc(F)c(Cl)c1. The highest BCUT2D eigenvalue weighted by molar-refractivity contribution is 6.30. The Morgan fingerprint density at radius 2 is 2.29 bits per heavy atom. The van der Waals surface area contributed by atoms with Gasteiger partial charge in [-0.05, 0) is 24.6 Å². The number of benzene rings is 1. The van der Waals surface area contributed by atoms with Gasteiger partial charge in [-0.3, -0.25) is 4.79 Å². The Kier molecular flexibility index (Phi) is 5.38. The molecule has 17 heavy (non-hydrogen) atoms. The minimum absolute atomic E-state index is 0.00208. The van der Waals surface area contributed by atoms with Crippen molar-refractivity contribution in [2.75, 3.05) is 13.7 Å². The van der Waals surface area contributed by atoms with E-state index in [0.717, 1.165) is 5.56 Å². The van der Waals surface area contributed by atoms with Crippen LogP contribution in [0.2, 0.25) is 5.02 Å². The molecule has 0 aromatic heterocycles. The predicted molar refractivity (Wildman–Crippen MR) is 64.5 cm³/mol. The molecule has 1 aromatic rings. The van der Waals surface area contributed by atoms with E-state index < -0.39 is 5.82 Å². The van der Waals surface area contributed by atoms with Gasteiger partial charge in [-0.15, -0.1) is 0 Å². The molecular weight excluding hydrogens is 245 g/mol. The van der Waals surface area contributed by atoms with Gasteiger partial charge in [0.1, 0.15) is 5.82 Å². The van der Waals surface area contributed by atoms with Crippen molar-refractivity contribution in [2.24, 2.45) is 0 Å². The Morgan fingerprint density at radius 3 is 2.88 bits per heavy atom. The maximum Gasteiger partial charge on any atom is 0.306 e. The van der Waals surface area contributed by atoms with Crippen molar-refractivity contribution >= 4 is 17.6 Å². The third-order valence-electron chi connectivity index (χ3n) is 2.45. The Hall–Kier alpha value is -1.13. The van der Waals surface area contributed by atoms with Gasteiger partial charge in [0.2, 0.25) is 0 Å². The fraction of sp³-hybridized carbons (Fsp3) is 0.417. The standard InChI is InChI=1S/C12H15ClFNO2/c1-8(15-6-5-12(16)17-2)9-3-4-11(14)10(13)7-9/h3-4,7-8,15H,5-6H2,1-2H3. The molecule has 0 saturated heterocycles. The van der Waals surface area contributed by atoms with Crippen LogP contribution in [0.25, 0.3) is 0 Å². The van der Waals surface area contributed by atoms with Crippen LogP contribution in [0.5, 0.6) is 0 Å². The summed E-state index contributed by atoms with van der Waals surface area (Å²) < 4.78 is 17.5. The largest absolute Gasteiger partial charge is 0.469 e. The predicted octanol–water partition coefficient (Wildman–Crippen LogP) is 2.69. The Morgan fingerprint density at radius 1 is 1.59 bits per heavy atom. The number of carbonyl (C=O) groups is 1. The van der Waals surface area contributed by atoms with Gasteiger partial charge in [-0.1, -0.05) is 17.7 Å². The lowest BCUT2D eigenvalue weighted by atomic mass is 10.1. The molecule has 1 aromatic carbocycles. The van der Waals surface area contributed by atoms with Gasteiger partial charge in [-0.25, -0.2) is 4.39 Å². The first-order valence-electron chi connectivity index (χ1n) is 5.29. The van der Waals surface area contributed by atoms with E-state index in [9.17, 15) is 9.18 Å². The molecule has 1 unspecified atom stereocenters. The second kappa shape index (κ2) is 6.57. The number of halogens is 2. The van der Waals surface area contributed by atoms with Gasteiger partial charge >= 0.3 is 5.97 Å². The Labute approximate surface area is 105 Å². The van der Waals surface area contributed by atoms with Crippen LogP contribution in [0.15, 0.2) is 18.2 Å². The summed E-state index contributed by atoms with van der Waals surface area (Å²) in [6.45, 7) is 2.42. The lowest BCUT2D eigenvalue weighted by molar-refractivity contribution is -0.140. The molecule has 1 N–H and O–H groups in total. The molecule has 3 nitrogen and oxygen atoms in total. The molecule has 0 saturated carbocycles. The summed E-state index contributed by atoms with van der Waals surface area (Å²) >= 11 is 5.69. The van der Waals surface area contributed by atoms with Crippen LogP contribution in [0.3, 0.4) is 0 Å². The first-order valence-corrected chi connectivity index (χ1v) is 5.67. The van der Waals surface area contributed by atoms with Gasteiger partial charge < -0.3 is 10.1 Å². The second-order valence-electron chi connectivity index (χ2n) is 3.68. The average molecular weight is 260 g/mol. The van der Waals surface area contributed by atoms with Crippen molar-refractivity contribution in [2.45, 2.75) is 19.4 Å². The molecule has 0 heterocycles. The number of rotatable bonds is 5. The summed E-state index contributed by atoms with van der Waals surface area (Å²) in [6, 6.07) is 4.57. The van der Waals surface area contributed by atoms with Gasteiger partial charge in [-0.2, -0.15) is 0 Å². The zero-order valence-electron chi connectivity index (χ0n) is 9.80. The topological polar surface area (TPSA) is 38.3 Å². The lowest BCUT2D eigenvalue weighted by Crippen LogP contribution is -2.22. The highest BCUT2D eigenvalue weighted by atomic mass is 35.5. The molecular formula is C12H15ClFNO2. The van der Waals surface area contributed by atoms with Gasteiger partial charge in [0.05, 0.1) is 18.6 Å². The number of hydrogen-bond donors (Lipinski definition) is 1. The molecule has 1 atom stereocenters. The summed E-state index contributed by atoms with van der Waals surface area (Å²) in [7, 11) is 1.35. The smallest absolute Gasteiger partial charge is 0.306 e. The van der Waals surface area contributed by atoms with E-state index in [1.165, 1.54) is 13.2 Å². The third-order valence-corrected chi connectivity index (χ3v) is 2.74. The Bertz CT molecular complexity index is 398. The van der Waals surface area contributed by atoms with E-state index in [-0.39, 0.29) is 17.0 Å². The zero-order chi connectivity index (χ0) is 12.8. The zero-order valence-corrected chi connectivity index (χ0v) is 10.6. The molecule has 5 heteroatoms. The van der Waals surface area contributed by atoms with Crippen molar-refractivity contribution in [3.8, 4) is 0 Å². The number of ether oxygens (including phenoxy) is 1. The number of carbonyl (C=O) groups excluding carboxylic acids is 1. The summed E-state index contributed by atoms with van der Waals surface area (Å²) in [5.74, 6) is -0.695. The summed E-state index contributed by atoms with van der Waals surface area (Å²) in [6.07, 6.45) is 0.301. The van der Waals surface area contributed by atoms with Gasteiger partial charge in [0, 0.05) is 12.6 Å². The van der Waals surface area contributed by atoms with Crippen LogP contribution in [0.4, 0.5) is 4.39 Å². The Balaban J connectivity index is 2.49. The van der Waals surface area contributed by atoms with E-state index in [2.05, 4.69) is 10.1 Å². The molecule has 0 aliphatic rings. The van der Waals surface area contributed by atoms with Crippen LogP contribution in [0.1, 0.15) is 24.9 Å². The first kappa shape index (κ1) is 13.9. The maximum atomic E-state index is 13.0. The van der Waals surface area contributed by atoms with E-state index in [1.807, 2.05) is 6.92 Å². The van der Waals surface area contributed by atoms with Crippen molar-refractivity contribution < 1.29 is 13.9 Å². The van der Waals surface area contributed by atoms with Crippen LogP contribution >= 0.6 is 11.6 Å². The van der Waals surface area contributed by atoms with Crippen molar-refractivity contribution in [3.05, 3.63) is 34.6 Å². The highest BCUT2D eigenvalue weighted by Crippen LogP contribution is 2.20. The molecule has 1 rings (SSSR count).